The van der Waals surface area contributed by atoms with Gasteiger partial charge in [-0.25, -0.2) is 0 Å². The molecule has 16 heavy (non-hydrogen) atoms. The fourth-order valence-electron chi connectivity index (χ4n) is 0.926. The number of hydrogen-bond donors (Lipinski definition) is 0. The normalized spacial score (nSPS) is 8.38. The Hall–Kier alpha value is -1.54. The van der Waals surface area contributed by atoms with Crippen LogP contribution in [0.5, 0.6) is 0 Å². The Labute approximate surface area is 97.8 Å². The van der Waals surface area contributed by atoms with Crippen molar-refractivity contribution in [2.75, 3.05) is 0 Å². The van der Waals surface area contributed by atoms with E-state index in [9.17, 15) is 9.59 Å². The van der Waals surface area contributed by atoms with E-state index in [2.05, 4.69) is 23.7 Å². The summed E-state index contributed by atoms with van der Waals surface area (Å²) in [6, 6.07) is 0. The van der Waals surface area contributed by atoms with Crippen molar-refractivity contribution in [3.05, 3.63) is 0 Å². The quantitative estimate of drug-likeness (QED) is 0.403. The van der Waals surface area contributed by atoms with E-state index >= 15 is 0 Å². The minimum absolute atomic E-state index is 0.00617. The van der Waals surface area contributed by atoms with E-state index in [1.165, 1.54) is 0 Å². The Kier molecular flexibility index (Phi) is 9.03. The molecule has 0 aromatic heterocycles. The predicted molar refractivity (Wildman–Crippen MR) is 64.6 cm³/mol. The SMILES string of the molecule is CCC(=O)C#CCCCCC#CC(=O)CC. The minimum atomic E-state index is -0.00617. The van der Waals surface area contributed by atoms with Crippen LogP contribution in [0.1, 0.15) is 52.4 Å². The Morgan fingerprint density at radius 1 is 0.812 bits per heavy atom. The van der Waals surface area contributed by atoms with E-state index < -0.39 is 0 Å². The third-order valence-electron chi connectivity index (χ3n) is 1.95. The molecule has 0 fully saturated rings. The number of hydrogen-bond acceptors (Lipinski definition) is 2. The lowest BCUT2D eigenvalue weighted by molar-refractivity contribution is -0.114. The Bertz CT molecular complexity index is 308. The van der Waals surface area contributed by atoms with Crippen LogP contribution in [0.15, 0.2) is 0 Å². The molecule has 0 rings (SSSR count). The third-order valence-corrected chi connectivity index (χ3v) is 1.95. The molecule has 0 spiro atoms. The Morgan fingerprint density at radius 2 is 1.19 bits per heavy atom. The van der Waals surface area contributed by atoms with Gasteiger partial charge in [0.15, 0.2) is 0 Å². The third kappa shape index (κ3) is 9.03. The highest BCUT2D eigenvalue weighted by Gasteiger charge is 1.89. The fraction of sp³-hybridized carbons (Fsp3) is 0.571. The van der Waals surface area contributed by atoms with Crippen LogP contribution in [-0.2, 0) is 9.59 Å². The second-order valence-corrected chi connectivity index (χ2v) is 3.36. The van der Waals surface area contributed by atoms with Crippen LogP contribution in [0.25, 0.3) is 0 Å². The van der Waals surface area contributed by atoms with E-state index in [1.807, 2.05) is 0 Å². The predicted octanol–water partition coefficient (Wildman–Crippen LogP) is 2.51. The van der Waals surface area contributed by atoms with Gasteiger partial charge in [0.05, 0.1) is 0 Å². The fourth-order valence-corrected chi connectivity index (χ4v) is 0.926. The number of carbonyl (C=O) groups excluding carboxylic acids is 2. The highest BCUT2D eigenvalue weighted by Crippen LogP contribution is 1.97. The van der Waals surface area contributed by atoms with Crippen molar-refractivity contribution < 1.29 is 9.59 Å². The van der Waals surface area contributed by atoms with Crippen LogP contribution < -0.4 is 0 Å². The zero-order valence-electron chi connectivity index (χ0n) is 10.1. The number of Topliss-reactive ketones (excluding diaryl/α,β-unsaturated/α-hetero) is 2. The lowest BCUT2D eigenvalue weighted by Gasteiger charge is -1.88. The van der Waals surface area contributed by atoms with Crippen molar-refractivity contribution in [1.82, 2.24) is 0 Å². The zero-order chi connectivity index (χ0) is 12.2. The first-order valence-electron chi connectivity index (χ1n) is 5.74. The first-order valence-corrected chi connectivity index (χ1v) is 5.74. The van der Waals surface area contributed by atoms with Gasteiger partial charge in [-0.2, -0.15) is 0 Å². The molecular formula is C14H18O2. The summed E-state index contributed by atoms with van der Waals surface area (Å²) in [5.41, 5.74) is 0. The summed E-state index contributed by atoms with van der Waals surface area (Å²) in [6.07, 6.45) is 4.29. The summed E-state index contributed by atoms with van der Waals surface area (Å²) in [4.78, 5) is 21.6. The van der Waals surface area contributed by atoms with Crippen LogP contribution in [0.4, 0.5) is 0 Å². The van der Waals surface area contributed by atoms with Crippen molar-refractivity contribution in [2.24, 2.45) is 0 Å². The number of ketones is 2. The lowest BCUT2D eigenvalue weighted by atomic mass is 10.2. The molecule has 86 valence electrons. The Morgan fingerprint density at radius 3 is 1.50 bits per heavy atom. The summed E-state index contributed by atoms with van der Waals surface area (Å²) < 4.78 is 0. The zero-order valence-corrected chi connectivity index (χ0v) is 10.1. The average Bonchev–Trinajstić information content (AvgIpc) is 2.31. The van der Waals surface area contributed by atoms with Crippen LogP contribution in [0.2, 0.25) is 0 Å². The average molecular weight is 218 g/mol. The second-order valence-electron chi connectivity index (χ2n) is 3.36. The highest BCUT2D eigenvalue weighted by atomic mass is 16.1. The molecule has 0 saturated heterocycles. The molecule has 0 heterocycles. The molecule has 0 aromatic carbocycles. The smallest absolute Gasteiger partial charge is 0.205 e. The maximum absolute atomic E-state index is 10.8. The summed E-state index contributed by atoms with van der Waals surface area (Å²) >= 11 is 0. The molecule has 0 radical (unpaired) electrons. The molecule has 0 amide bonds. The summed E-state index contributed by atoms with van der Waals surface area (Å²) in [5, 5.41) is 0. The van der Waals surface area contributed by atoms with Crippen LogP contribution in [-0.4, -0.2) is 11.6 Å². The van der Waals surface area contributed by atoms with E-state index in [-0.39, 0.29) is 11.6 Å². The molecule has 2 heteroatoms. The van der Waals surface area contributed by atoms with E-state index in [1.54, 1.807) is 13.8 Å². The molecule has 2 nitrogen and oxygen atoms in total. The Balaban J connectivity index is 3.52. The summed E-state index contributed by atoms with van der Waals surface area (Å²) in [5.74, 6) is 10.8. The van der Waals surface area contributed by atoms with Crippen LogP contribution >= 0.6 is 0 Å². The van der Waals surface area contributed by atoms with E-state index in [0.717, 1.165) is 25.7 Å². The van der Waals surface area contributed by atoms with Gasteiger partial charge in [0, 0.05) is 25.7 Å². The van der Waals surface area contributed by atoms with Gasteiger partial charge in [0.1, 0.15) is 0 Å². The molecule has 0 bridgehead atoms. The van der Waals surface area contributed by atoms with Gasteiger partial charge in [-0.15, -0.1) is 0 Å². The maximum Gasteiger partial charge on any atom is 0.205 e. The van der Waals surface area contributed by atoms with Gasteiger partial charge in [-0.3, -0.25) is 9.59 Å². The van der Waals surface area contributed by atoms with Gasteiger partial charge in [0.25, 0.3) is 0 Å². The van der Waals surface area contributed by atoms with Crippen molar-refractivity contribution in [3.63, 3.8) is 0 Å². The number of carbonyl (C=O) groups is 2. The molecule has 0 unspecified atom stereocenters. The van der Waals surface area contributed by atoms with Gasteiger partial charge >= 0.3 is 0 Å². The van der Waals surface area contributed by atoms with Gasteiger partial charge in [-0.1, -0.05) is 25.7 Å². The molecule has 0 aliphatic rings. The van der Waals surface area contributed by atoms with Gasteiger partial charge in [0.2, 0.25) is 11.6 Å². The molecular weight excluding hydrogens is 200 g/mol. The largest absolute Gasteiger partial charge is 0.285 e. The van der Waals surface area contributed by atoms with Crippen molar-refractivity contribution in [1.29, 1.82) is 0 Å². The summed E-state index contributed by atoms with van der Waals surface area (Å²) in [7, 11) is 0. The van der Waals surface area contributed by atoms with Crippen LogP contribution in [0.3, 0.4) is 0 Å². The molecule has 0 aliphatic heterocycles. The maximum atomic E-state index is 10.8. The minimum Gasteiger partial charge on any atom is -0.285 e. The second kappa shape index (κ2) is 9.99. The first-order chi connectivity index (χ1) is 7.70. The molecule has 0 aliphatic carbocycles. The molecule has 0 atom stereocenters. The monoisotopic (exact) mass is 218 g/mol. The van der Waals surface area contributed by atoms with Gasteiger partial charge in [-0.05, 0) is 24.7 Å². The number of unbranched alkanes of at least 4 members (excludes halogenated alkanes) is 3. The van der Waals surface area contributed by atoms with E-state index in [4.69, 9.17) is 0 Å². The molecule has 0 saturated carbocycles. The van der Waals surface area contributed by atoms with Crippen molar-refractivity contribution >= 4 is 11.6 Å². The van der Waals surface area contributed by atoms with Gasteiger partial charge < -0.3 is 0 Å². The van der Waals surface area contributed by atoms with Crippen LogP contribution in [0, 0.1) is 23.7 Å². The number of rotatable bonds is 5. The molecule has 0 N–H and O–H groups in total. The van der Waals surface area contributed by atoms with Crippen molar-refractivity contribution in [2.45, 2.75) is 52.4 Å². The van der Waals surface area contributed by atoms with E-state index in [0.29, 0.717) is 12.8 Å². The molecule has 0 aromatic rings. The topological polar surface area (TPSA) is 34.1 Å². The first kappa shape index (κ1) is 14.5. The standard InChI is InChI=1S/C14H18O2/c1-3-13(15)11-9-7-5-6-8-10-12-14(16)4-2/h3-8H2,1-2H3. The van der Waals surface area contributed by atoms with Crippen molar-refractivity contribution in [3.8, 4) is 23.7 Å². The summed E-state index contributed by atoms with van der Waals surface area (Å²) in [6.45, 7) is 3.61. The highest BCUT2D eigenvalue weighted by molar-refractivity contribution is 5.95. The lowest BCUT2D eigenvalue weighted by Crippen LogP contribution is -1.88.